The zero-order valence-electron chi connectivity index (χ0n) is 21.2. The highest BCUT2D eigenvalue weighted by Crippen LogP contribution is 2.33. The predicted molar refractivity (Wildman–Crippen MR) is 159 cm³/mol. The standard InChI is InChI=1S/C28H22Cl2N4O5S/c1-38-18-5-7-22(24(12-18)39-2)32-27(36)31-17-4-8-23-19(11-17)16(10-25-26(35)33-28(37)40-25)14-34(23)13-15-3-6-20(29)21(30)9-15/h3-12,14H,13H2,1-2H3,(H2,31,32,36)(H,33,35,37)/b25-10+. The van der Waals surface area contributed by atoms with Gasteiger partial charge in [0.25, 0.3) is 11.1 Å². The van der Waals surface area contributed by atoms with E-state index in [4.69, 9.17) is 32.7 Å². The van der Waals surface area contributed by atoms with Gasteiger partial charge in [-0.25, -0.2) is 4.79 Å². The molecule has 0 radical (unpaired) electrons. The van der Waals surface area contributed by atoms with Gasteiger partial charge in [0.1, 0.15) is 11.5 Å². The molecule has 5 rings (SSSR count). The highest BCUT2D eigenvalue weighted by Gasteiger charge is 2.25. The van der Waals surface area contributed by atoms with Crippen LogP contribution in [-0.2, 0) is 11.3 Å². The van der Waals surface area contributed by atoms with Crippen molar-refractivity contribution in [2.75, 3.05) is 24.9 Å². The van der Waals surface area contributed by atoms with Crippen LogP contribution in [0.3, 0.4) is 0 Å². The number of amides is 4. The molecule has 3 N–H and O–H groups in total. The summed E-state index contributed by atoms with van der Waals surface area (Å²) in [5.74, 6) is 0.582. The molecule has 4 aromatic rings. The van der Waals surface area contributed by atoms with Crippen LogP contribution < -0.4 is 25.4 Å². The Morgan fingerprint density at radius 2 is 1.82 bits per heavy atom. The number of nitrogens with one attached hydrogen (secondary N) is 3. The lowest BCUT2D eigenvalue weighted by molar-refractivity contribution is -0.115. The third kappa shape index (κ3) is 5.89. The van der Waals surface area contributed by atoms with E-state index in [9.17, 15) is 14.4 Å². The molecular weight excluding hydrogens is 575 g/mol. The molecule has 0 bridgehead atoms. The molecule has 204 valence electrons. The Kier molecular flexibility index (Phi) is 7.92. The summed E-state index contributed by atoms with van der Waals surface area (Å²) in [4.78, 5) is 37.1. The van der Waals surface area contributed by atoms with Crippen molar-refractivity contribution in [3.8, 4) is 11.5 Å². The number of ether oxygens (including phenoxy) is 2. The Morgan fingerprint density at radius 1 is 1.00 bits per heavy atom. The number of halogens is 2. The smallest absolute Gasteiger partial charge is 0.323 e. The number of fused-ring (bicyclic) bond motifs is 1. The van der Waals surface area contributed by atoms with Crippen LogP contribution in [0.2, 0.25) is 10.0 Å². The van der Waals surface area contributed by atoms with Gasteiger partial charge in [0.05, 0.1) is 34.9 Å². The summed E-state index contributed by atoms with van der Waals surface area (Å²) in [7, 11) is 3.05. The van der Waals surface area contributed by atoms with Crippen LogP contribution in [0.15, 0.2) is 65.7 Å². The molecule has 3 aromatic carbocycles. The number of nitrogens with zero attached hydrogens (tertiary/aromatic N) is 1. The Labute approximate surface area is 243 Å². The lowest BCUT2D eigenvalue weighted by atomic mass is 10.1. The lowest BCUT2D eigenvalue weighted by Crippen LogP contribution is -2.19. The van der Waals surface area contributed by atoms with Gasteiger partial charge in [-0.1, -0.05) is 29.3 Å². The second-order valence-electron chi connectivity index (χ2n) is 8.69. The number of thioether (sulfide) groups is 1. The molecule has 1 aromatic heterocycles. The van der Waals surface area contributed by atoms with Crippen molar-refractivity contribution in [2.45, 2.75) is 6.54 Å². The van der Waals surface area contributed by atoms with Crippen molar-refractivity contribution in [2.24, 2.45) is 0 Å². The van der Waals surface area contributed by atoms with Crippen molar-refractivity contribution in [3.63, 3.8) is 0 Å². The third-order valence-corrected chi connectivity index (χ3v) is 7.64. The summed E-state index contributed by atoms with van der Waals surface area (Å²) in [6.45, 7) is 0.472. The number of hydrogen-bond donors (Lipinski definition) is 3. The number of aromatic nitrogens is 1. The molecule has 9 nitrogen and oxygen atoms in total. The van der Waals surface area contributed by atoms with Crippen LogP contribution in [0.25, 0.3) is 17.0 Å². The summed E-state index contributed by atoms with van der Waals surface area (Å²) in [5, 5.41) is 9.12. The average molecular weight is 597 g/mol. The molecule has 0 spiro atoms. The molecule has 0 unspecified atom stereocenters. The zero-order chi connectivity index (χ0) is 28.4. The van der Waals surface area contributed by atoms with E-state index in [1.165, 1.54) is 7.11 Å². The van der Waals surface area contributed by atoms with Gasteiger partial charge in [-0.2, -0.15) is 0 Å². The monoisotopic (exact) mass is 596 g/mol. The minimum absolute atomic E-state index is 0.279. The van der Waals surface area contributed by atoms with Gasteiger partial charge in [0.2, 0.25) is 0 Å². The van der Waals surface area contributed by atoms with E-state index in [0.29, 0.717) is 45.0 Å². The number of rotatable bonds is 7. The molecule has 0 aliphatic carbocycles. The van der Waals surface area contributed by atoms with Crippen LogP contribution >= 0.6 is 35.0 Å². The van der Waals surface area contributed by atoms with Crippen LogP contribution in [0, 0.1) is 0 Å². The SMILES string of the molecule is COc1ccc(NC(=O)Nc2ccc3c(c2)c(/C=C2/SC(=O)NC2=O)cn3Cc2ccc(Cl)c(Cl)c2)c(OC)c1. The topological polar surface area (TPSA) is 111 Å². The summed E-state index contributed by atoms with van der Waals surface area (Å²) < 4.78 is 12.5. The fourth-order valence-electron chi connectivity index (χ4n) is 4.23. The molecule has 1 aliphatic rings. The molecule has 1 saturated heterocycles. The lowest BCUT2D eigenvalue weighted by Gasteiger charge is -2.13. The fraction of sp³-hybridized carbons (Fsp3) is 0.107. The van der Waals surface area contributed by atoms with Crippen LogP contribution in [0.4, 0.5) is 21.0 Å². The first-order chi connectivity index (χ1) is 19.2. The number of urea groups is 1. The zero-order valence-corrected chi connectivity index (χ0v) is 23.5. The molecular formula is C28H22Cl2N4O5S. The molecule has 2 heterocycles. The predicted octanol–water partition coefficient (Wildman–Crippen LogP) is 6.98. The minimum atomic E-state index is -0.478. The first-order valence-corrected chi connectivity index (χ1v) is 13.4. The van der Waals surface area contributed by atoms with E-state index in [0.717, 1.165) is 28.2 Å². The van der Waals surface area contributed by atoms with Gasteiger partial charge in [0.15, 0.2) is 0 Å². The van der Waals surface area contributed by atoms with E-state index in [-0.39, 0.29) is 4.91 Å². The van der Waals surface area contributed by atoms with Gasteiger partial charge < -0.3 is 24.7 Å². The van der Waals surface area contributed by atoms with Gasteiger partial charge in [-0.15, -0.1) is 0 Å². The third-order valence-electron chi connectivity index (χ3n) is 6.09. The van der Waals surface area contributed by atoms with Gasteiger partial charge in [-0.05, 0) is 65.9 Å². The van der Waals surface area contributed by atoms with E-state index in [1.54, 1.807) is 55.7 Å². The van der Waals surface area contributed by atoms with Crippen molar-refractivity contribution < 1.29 is 23.9 Å². The molecule has 0 atom stereocenters. The van der Waals surface area contributed by atoms with Crippen LogP contribution in [0.1, 0.15) is 11.1 Å². The van der Waals surface area contributed by atoms with Crippen molar-refractivity contribution in [1.29, 1.82) is 0 Å². The second kappa shape index (κ2) is 11.5. The Hall–Kier alpha value is -4.12. The highest BCUT2D eigenvalue weighted by molar-refractivity contribution is 8.18. The van der Waals surface area contributed by atoms with Crippen LogP contribution in [-0.4, -0.2) is 36.0 Å². The maximum absolute atomic E-state index is 12.8. The van der Waals surface area contributed by atoms with E-state index in [2.05, 4.69) is 16.0 Å². The van der Waals surface area contributed by atoms with Crippen molar-refractivity contribution in [1.82, 2.24) is 9.88 Å². The molecule has 1 aliphatic heterocycles. The maximum Gasteiger partial charge on any atom is 0.323 e. The highest BCUT2D eigenvalue weighted by atomic mass is 35.5. The summed E-state index contributed by atoms with van der Waals surface area (Å²) >= 11 is 13.1. The van der Waals surface area contributed by atoms with Gasteiger partial charge >= 0.3 is 6.03 Å². The van der Waals surface area contributed by atoms with Gasteiger partial charge in [-0.3, -0.25) is 14.9 Å². The normalized spacial score (nSPS) is 13.9. The second-order valence-corrected chi connectivity index (χ2v) is 10.5. The number of imide groups is 1. The summed E-state index contributed by atoms with van der Waals surface area (Å²) in [6, 6.07) is 15.4. The number of methoxy groups -OCH3 is 2. The molecule has 1 fully saturated rings. The largest absolute Gasteiger partial charge is 0.497 e. The van der Waals surface area contributed by atoms with E-state index >= 15 is 0 Å². The average Bonchev–Trinajstić information content (AvgIpc) is 3.43. The van der Waals surface area contributed by atoms with E-state index < -0.39 is 17.2 Å². The molecule has 0 saturated carbocycles. The Bertz CT molecular complexity index is 1700. The Morgan fingerprint density at radius 3 is 2.52 bits per heavy atom. The number of anilines is 2. The number of carbonyl (C=O) groups excluding carboxylic acids is 3. The first-order valence-electron chi connectivity index (χ1n) is 11.9. The van der Waals surface area contributed by atoms with E-state index in [1.807, 2.05) is 22.9 Å². The maximum atomic E-state index is 12.8. The number of carbonyl (C=O) groups is 3. The first kappa shape index (κ1) is 27.4. The van der Waals surface area contributed by atoms with Crippen molar-refractivity contribution >= 4 is 80.5 Å². The minimum Gasteiger partial charge on any atom is -0.497 e. The Balaban J connectivity index is 1.47. The van der Waals surface area contributed by atoms with Crippen molar-refractivity contribution in [3.05, 3.63) is 86.9 Å². The number of benzene rings is 3. The quantitative estimate of drug-likeness (QED) is 0.198. The molecule has 12 heteroatoms. The van der Waals surface area contributed by atoms with Gasteiger partial charge in [0, 0.05) is 41.0 Å². The molecule has 40 heavy (non-hydrogen) atoms. The fourth-order valence-corrected chi connectivity index (χ4v) is 5.23. The summed E-state index contributed by atoms with van der Waals surface area (Å²) in [5.41, 5.74) is 3.44. The summed E-state index contributed by atoms with van der Waals surface area (Å²) in [6.07, 6.45) is 3.54. The van der Waals surface area contributed by atoms with Crippen LogP contribution in [0.5, 0.6) is 11.5 Å². The number of hydrogen-bond acceptors (Lipinski definition) is 6. The molecule has 4 amide bonds.